The third-order valence-corrected chi connectivity index (χ3v) is 2.96. The maximum atomic E-state index is 11.8. The van der Waals surface area contributed by atoms with Crippen molar-refractivity contribution in [3.05, 3.63) is 60.7 Å². The van der Waals surface area contributed by atoms with Crippen LogP contribution in [0.3, 0.4) is 0 Å². The van der Waals surface area contributed by atoms with Crippen LogP contribution in [0.25, 0.3) is 0 Å². The van der Waals surface area contributed by atoms with Crippen LogP contribution in [0.15, 0.2) is 65.0 Å². The molecule has 0 saturated heterocycles. The van der Waals surface area contributed by atoms with Gasteiger partial charge < -0.3 is 15.2 Å². The van der Waals surface area contributed by atoms with Crippen LogP contribution in [0.5, 0.6) is 11.5 Å². The Bertz CT molecular complexity index is 875. The van der Waals surface area contributed by atoms with E-state index in [0.29, 0.717) is 18.9 Å². The van der Waals surface area contributed by atoms with E-state index in [-0.39, 0.29) is 13.2 Å². The van der Waals surface area contributed by atoms with Gasteiger partial charge in [0.05, 0.1) is 6.54 Å². The molecule has 0 aliphatic carbocycles. The van der Waals surface area contributed by atoms with E-state index in [9.17, 15) is 27.5 Å². The smallest absolute Gasteiger partial charge is 0.456 e. The van der Waals surface area contributed by atoms with Crippen LogP contribution >= 0.6 is 0 Å². The molecule has 0 bridgehead atoms. The minimum Gasteiger partial charge on any atom is -0.492 e. The fourth-order valence-electron chi connectivity index (χ4n) is 1.52. The monoisotopic (exact) mass is 482 g/mol. The number of rotatable bonds is 7. The van der Waals surface area contributed by atoms with E-state index in [1.807, 2.05) is 36.4 Å². The van der Waals surface area contributed by atoms with E-state index < -0.39 is 21.1 Å². The van der Waals surface area contributed by atoms with Crippen molar-refractivity contribution >= 4 is 21.1 Å². The average molecular weight is 482 g/mol. The number of nitrogens with two attached hydrogens (primary N) is 1. The molecule has 6 nitrogen and oxygen atoms in total. The number of benzene rings is 2. The lowest BCUT2D eigenvalue weighted by atomic mass is 10.3. The van der Waals surface area contributed by atoms with Crippen molar-refractivity contribution in [2.75, 3.05) is 26.3 Å². The summed E-state index contributed by atoms with van der Waals surface area (Å²) in [4.78, 5) is 0. The topological polar surface area (TPSA) is 91.0 Å². The van der Waals surface area contributed by atoms with Crippen LogP contribution in [0, 0.1) is 0 Å². The molecule has 30 heavy (non-hydrogen) atoms. The molecule has 0 heterocycles. The summed E-state index contributed by atoms with van der Waals surface area (Å²) in [7, 11) is -13.1. The molecule has 0 radical (unpaired) electrons. The SMILES string of the molecule is NCCOc1ccccc1.O=S(F)(F)(F)F.O=S(F)(F)=NCCOc1ccccc1. The summed E-state index contributed by atoms with van der Waals surface area (Å²) in [6.45, 7) is 0.870. The Labute approximate surface area is 171 Å². The van der Waals surface area contributed by atoms with Gasteiger partial charge in [0.25, 0.3) is 0 Å². The molecule has 2 aromatic carbocycles. The van der Waals surface area contributed by atoms with Gasteiger partial charge in [-0.1, -0.05) is 59.7 Å². The van der Waals surface area contributed by atoms with Crippen LogP contribution in [-0.4, -0.2) is 34.7 Å². The molecular weight excluding hydrogens is 462 g/mol. The predicted octanol–water partition coefficient (Wildman–Crippen LogP) is 4.67. The van der Waals surface area contributed by atoms with Crippen LogP contribution in [0.4, 0.5) is 23.3 Å². The lowest BCUT2D eigenvalue weighted by Crippen LogP contribution is -2.10. The zero-order valence-corrected chi connectivity index (χ0v) is 17.0. The zero-order valence-electron chi connectivity index (χ0n) is 15.3. The Morgan fingerprint density at radius 1 is 0.833 bits per heavy atom. The van der Waals surface area contributed by atoms with Crippen molar-refractivity contribution in [3.63, 3.8) is 0 Å². The molecule has 0 spiro atoms. The van der Waals surface area contributed by atoms with Crippen molar-refractivity contribution in [2.24, 2.45) is 10.1 Å². The quantitative estimate of drug-likeness (QED) is 0.352. The average Bonchev–Trinajstić information content (AvgIpc) is 2.63. The first-order valence-electron chi connectivity index (χ1n) is 7.97. The maximum Gasteiger partial charge on any atom is 0.456 e. The molecule has 0 fully saturated rings. The summed E-state index contributed by atoms with van der Waals surface area (Å²) in [6, 6.07) is 18.4. The largest absolute Gasteiger partial charge is 0.492 e. The van der Waals surface area contributed by atoms with Gasteiger partial charge in [-0.25, -0.2) is 0 Å². The molecule has 0 aromatic heterocycles. The zero-order chi connectivity index (χ0) is 23.1. The molecule has 0 saturated carbocycles. The van der Waals surface area contributed by atoms with Gasteiger partial charge in [0.1, 0.15) is 24.7 Å². The highest BCUT2D eigenvalue weighted by molar-refractivity contribution is 8.01. The van der Waals surface area contributed by atoms with Gasteiger partial charge in [-0.15, -0.1) is 0 Å². The van der Waals surface area contributed by atoms with Crippen molar-refractivity contribution in [1.82, 2.24) is 0 Å². The molecule has 0 unspecified atom stereocenters. The van der Waals surface area contributed by atoms with Crippen LogP contribution < -0.4 is 15.2 Å². The summed E-state index contributed by atoms with van der Waals surface area (Å²) in [6.07, 6.45) is 0. The second kappa shape index (κ2) is 13.1. The lowest BCUT2D eigenvalue weighted by molar-refractivity contribution is 0.328. The van der Waals surface area contributed by atoms with E-state index in [1.165, 1.54) is 0 Å². The highest BCUT2D eigenvalue weighted by Gasteiger charge is 2.33. The minimum atomic E-state index is -8.10. The van der Waals surface area contributed by atoms with Gasteiger partial charge in [0.2, 0.25) is 0 Å². The molecule has 2 rings (SSSR count). The van der Waals surface area contributed by atoms with Crippen LogP contribution in [-0.2, 0) is 21.1 Å². The number of halogens is 6. The summed E-state index contributed by atoms with van der Waals surface area (Å²) in [5.74, 6) is 1.46. The molecule has 0 amide bonds. The van der Waals surface area contributed by atoms with Crippen molar-refractivity contribution in [1.29, 1.82) is 0 Å². The minimum absolute atomic E-state index is 0.00512. The van der Waals surface area contributed by atoms with Gasteiger partial charge in [0.15, 0.2) is 0 Å². The molecule has 2 aromatic rings. The van der Waals surface area contributed by atoms with E-state index in [2.05, 4.69) is 4.36 Å². The first-order chi connectivity index (χ1) is 13.7. The second-order valence-electron chi connectivity index (χ2n) is 4.96. The van der Waals surface area contributed by atoms with E-state index >= 15 is 0 Å². The molecule has 172 valence electrons. The summed E-state index contributed by atoms with van der Waals surface area (Å²) < 4.78 is 94.1. The fourth-order valence-corrected chi connectivity index (χ4v) is 1.80. The summed E-state index contributed by atoms with van der Waals surface area (Å²) in [5, 5.41) is 0. The Balaban J connectivity index is 0.000000459. The molecule has 0 aliphatic heterocycles. The number of ether oxygens (including phenoxy) is 2. The van der Waals surface area contributed by atoms with Gasteiger partial charge in [0, 0.05) is 6.54 Å². The van der Waals surface area contributed by atoms with E-state index in [4.69, 9.17) is 19.4 Å². The Morgan fingerprint density at radius 2 is 1.20 bits per heavy atom. The second-order valence-corrected chi connectivity index (χ2v) is 7.22. The predicted molar refractivity (Wildman–Crippen MR) is 103 cm³/mol. The van der Waals surface area contributed by atoms with Crippen LogP contribution in [0.2, 0.25) is 0 Å². The highest BCUT2D eigenvalue weighted by Crippen LogP contribution is 2.31. The molecule has 2 N–H and O–H groups in total. The Kier molecular flexibility index (Phi) is 12.1. The third kappa shape index (κ3) is 23.7. The Morgan fingerprint density at radius 3 is 1.53 bits per heavy atom. The highest BCUT2D eigenvalue weighted by atomic mass is 32.4. The van der Waals surface area contributed by atoms with Crippen LogP contribution in [0.1, 0.15) is 0 Å². The fraction of sp³-hybridized carbons (Fsp3) is 0.250. The molecule has 0 aliphatic rings. The number of nitrogens with zero attached hydrogens (tertiary/aromatic N) is 1. The lowest BCUT2D eigenvalue weighted by Gasteiger charge is -2.02. The number of hydrogen-bond acceptors (Lipinski definition) is 6. The number of hydrogen-bond donors (Lipinski definition) is 1. The summed E-state index contributed by atoms with van der Waals surface area (Å²) >= 11 is 0. The maximum absolute atomic E-state index is 11.8. The van der Waals surface area contributed by atoms with Crippen molar-refractivity contribution in [3.8, 4) is 11.5 Å². The van der Waals surface area contributed by atoms with Gasteiger partial charge in [-0.05, 0) is 24.3 Å². The van der Waals surface area contributed by atoms with Gasteiger partial charge in [-0.2, -0.15) is 12.8 Å². The summed E-state index contributed by atoms with van der Waals surface area (Å²) in [5.41, 5.74) is 5.25. The van der Waals surface area contributed by atoms with Crippen molar-refractivity contribution in [2.45, 2.75) is 0 Å². The molecule has 0 atom stereocenters. The first-order valence-corrected chi connectivity index (χ1v) is 10.9. The number of para-hydroxylation sites is 2. The molecular formula is C16H20F6N2O4S2. The standard InChI is InChI=1S/C8H9F2NO2S.C8H11NO.F4OS/c9-14(10,12)11-6-7-13-8-4-2-1-3-5-8;9-6-7-10-8-4-2-1-3-5-8;1-6(2,3,4)5/h1-5H,6-7H2;1-5H,6-7,9H2;. The Hall–Kier alpha value is -2.32. The van der Waals surface area contributed by atoms with Gasteiger partial charge in [-0.3, -0.25) is 0 Å². The first kappa shape index (κ1) is 27.7. The van der Waals surface area contributed by atoms with Crippen molar-refractivity contribution < 1.29 is 41.2 Å². The third-order valence-electron chi connectivity index (χ3n) is 2.47. The normalized spacial score (nSPS) is 12.0. The van der Waals surface area contributed by atoms with E-state index in [0.717, 1.165) is 5.75 Å². The molecule has 14 heteroatoms. The van der Waals surface area contributed by atoms with E-state index in [1.54, 1.807) is 24.3 Å². The van der Waals surface area contributed by atoms with Gasteiger partial charge >= 0.3 is 21.1 Å².